The Hall–Kier alpha value is -4.24. The second-order valence-electron chi connectivity index (χ2n) is 13.3. The van der Waals surface area contributed by atoms with Crippen molar-refractivity contribution in [2.75, 3.05) is 0 Å². The Bertz CT molecular complexity index is 1990. The second-order valence-corrected chi connectivity index (χ2v) is 13.3. The van der Waals surface area contributed by atoms with E-state index >= 15 is 0 Å². The zero-order valence-electron chi connectivity index (χ0n) is 24.6. The van der Waals surface area contributed by atoms with Crippen LogP contribution >= 0.6 is 0 Å². The first-order chi connectivity index (χ1) is 21.2. The molecule has 3 nitrogen and oxygen atoms in total. The van der Waals surface area contributed by atoms with Crippen molar-refractivity contribution in [1.29, 1.82) is 0 Å². The van der Waals surface area contributed by atoms with Crippen molar-refractivity contribution >= 4 is 27.7 Å². The monoisotopic (exact) mass is 561 g/mol. The Morgan fingerprint density at radius 3 is 2.63 bits per heavy atom. The molecular formula is C40H37N2O+. The van der Waals surface area contributed by atoms with E-state index in [0.29, 0.717) is 0 Å². The van der Waals surface area contributed by atoms with Gasteiger partial charge in [0.1, 0.15) is 11.2 Å². The van der Waals surface area contributed by atoms with Crippen LogP contribution < -0.4 is 4.57 Å². The van der Waals surface area contributed by atoms with Crippen LogP contribution in [0.1, 0.15) is 60.3 Å². The molecule has 0 amide bonds. The van der Waals surface area contributed by atoms with Gasteiger partial charge in [0, 0.05) is 34.9 Å². The SMILES string of the molecule is C=CC1=NC2C(C=C)C3(Cc4ccc5c(oc6ccccc65)c4-c4cc(CC5CCCCC5)cc[n+]43)C2c2ccccc21. The van der Waals surface area contributed by atoms with Gasteiger partial charge in [0.2, 0.25) is 5.69 Å². The average Bonchev–Trinajstić information content (AvgIpc) is 3.43. The Kier molecular flexibility index (Phi) is 5.51. The molecule has 2 fully saturated rings. The second kappa shape index (κ2) is 9.38. The topological polar surface area (TPSA) is 29.4 Å². The number of fused-ring (bicyclic) bond motifs is 12. The molecule has 2 saturated carbocycles. The maximum absolute atomic E-state index is 6.70. The Morgan fingerprint density at radius 2 is 1.77 bits per heavy atom. The van der Waals surface area contributed by atoms with E-state index in [0.717, 1.165) is 35.6 Å². The number of furan rings is 1. The molecule has 3 heteroatoms. The molecule has 1 spiro atoms. The third kappa shape index (κ3) is 3.42. The molecule has 0 N–H and O–H groups in total. The van der Waals surface area contributed by atoms with Crippen molar-refractivity contribution in [2.24, 2.45) is 16.8 Å². The number of hydrogen-bond donors (Lipinski definition) is 0. The quantitative estimate of drug-likeness (QED) is 0.159. The lowest BCUT2D eigenvalue weighted by molar-refractivity contribution is -0.781. The van der Waals surface area contributed by atoms with Crippen LogP contribution in [0.5, 0.6) is 0 Å². The fraction of sp³-hybridized carbons (Fsp3) is 0.300. The molecule has 2 aliphatic heterocycles. The summed E-state index contributed by atoms with van der Waals surface area (Å²) in [5.74, 6) is 1.23. The van der Waals surface area contributed by atoms with Gasteiger partial charge in [0.15, 0.2) is 11.7 Å². The number of benzene rings is 3. The summed E-state index contributed by atoms with van der Waals surface area (Å²) in [4.78, 5) is 5.31. The Morgan fingerprint density at radius 1 is 0.930 bits per heavy atom. The summed E-state index contributed by atoms with van der Waals surface area (Å²) in [5, 5.41) is 2.38. The van der Waals surface area contributed by atoms with Crippen LogP contribution in [0.2, 0.25) is 0 Å². The summed E-state index contributed by atoms with van der Waals surface area (Å²) >= 11 is 0. The first-order valence-electron chi connectivity index (χ1n) is 16.1. The van der Waals surface area contributed by atoms with Gasteiger partial charge in [-0.2, -0.15) is 4.57 Å². The third-order valence-corrected chi connectivity index (χ3v) is 11.2. The van der Waals surface area contributed by atoms with Crippen LogP contribution in [0.25, 0.3) is 33.2 Å². The summed E-state index contributed by atoms with van der Waals surface area (Å²) in [5.41, 5.74) is 10.7. The van der Waals surface area contributed by atoms with E-state index in [4.69, 9.17) is 9.41 Å². The summed E-state index contributed by atoms with van der Waals surface area (Å²) in [7, 11) is 0. The van der Waals surface area contributed by atoms with Crippen LogP contribution in [0.3, 0.4) is 0 Å². The van der Waals surface area contributed by atoms with Gasteiger partial charge in [-0.1, -0.05) is 99.4 Å². The fourth-order valence-corrected chi connectivity index (χ4v) is 9.37. The molecular weight excluding hydrogens is 524 g/mol. The minimum atomic E-state index is -0.190. The van der Waals surface area contributed by atoms with Gasteiger partial charge in [0.05, 0.1) is 29.2 Å². The maximum Gasteiger partial charge on any atom is 0.217 e. The number of aliphatic imine (C=N–C) groups is 1. The van der Waals surface area contributed by atoms with Gasteiger partial charge in [0.25, 0.3) is 0 Å². The van der Waals surface area contributed by atoms with Crippen molar-refractivity contribution in [2.45, 2.75) is 62.4 Å². The molecule has 2 aliphatic carbocycles. The number of allylic oxidation sites excluding steroid dienone is 1. The van der Waals surface area contributed by atoms with E-state index in [1.807, 2.05) is 6.08 Å². The highest BCUT2D eigenvalue weighted by Gasteiger charge is 2.71. The molecule has 3 aromatic carbocycles. The summed E-state index contributed by atoms with van der Waals surface area (Å²) < 4.78 is 9.31. The molecule has 0 radical (unpaired) electrons. The van der Waals surface area contributed by atoms with Crippen LogP contribution in [0.15, 0.2) is 114 Å². The number of nitrogens with zero attached hydrogens (tertiary/aromatic N) is 2. The summed E-state index contributed by atoms with van der Waals surface area (Å²) in [6.07, 6.45) is 15.4. The van der Waals surface area contributed by atoms with Crippen LogP contribution in [0, 0.1) is 11.8 Å². The van der Waals surface area contributed by atoms with E-state index in [1.54, 1.807) is 0 Å². The molecule has 9 rings (SSSR count). The molecule has 4 atom stereocenters. The maximum atomic E-state index is 6.70. The van der Waals surface area contributed by atoms with Crippen LogP contribution in [-0.4, -0.2) is 11.8 Å². The van der Waals surface area contributed by atoms with E-state index < -0.39 is 0 Å². The lowest BCUT2D eigenvalue weighted by Gasteiger charge is -2.57. The smallest absolute Gasteiger partial charge is 0.217 e. The first-order valence-corrected chi connectivity index (χ1v) is 16.1. The molecule has 4 aliphatic rings. The van der Waals surface area contributed by atoms with E-state index in [9.17, 15) is 0 Å². The summed E-state index contributed by atoms with van der Waals surface area (Å²) in [6.45, 7) is 8.53. The zero-order valence-corrected chi connectivity index (χ0v) is 24.6. The molecule has 212 valence electrons. The molecule has 5 aromatic rings. The normalized spacial score (nSPS) is 25.8. The predicted octanol–water partition coefficient (Wildman–Crippen LogP) is 8.87. The molecule has 2 aromatic heterocycles. The van der Waals surface area contributed by atoms with E-state index in [2.05, 4.69) is 103 Å². The standard InChI is InChI=1S/C40H37N2O/c1-3-32-38-37(30-16-9-8-14-28(30)33(4-2)41-38)40(32)24-27-18-19-31-29-15-10-11-17-35(29)43-39(31)36(27)34-23-26(20-21-42(34)40)22-25-12-6-5-7-13-25/h3-4,8-11,14-21,23,25,32,37-38H,1-2,5-7,12-13,22,24H2/q+1. The van der Waals surface area contributed by atoms with Gasteiger partial charge in [-0.25, -0.2) is 0 Å². The minimum Gasteiger partial charge on any atom is -0.455 e. The zero-order chi connectivity index (χ0) is 28.7. The van der Waals surface area contributed by atoms with Crippen molar-refractivity contribution in [3.63, 3.8) is 0 Å². The number of aromatic nitrogens is 1. The third-order valence-electron chi connectivity index (χ3n) is 11.2. The first kappa shape index (κ1) is 25.3. The van der Waals surface area contributed by atoms with Gasteiger partial charge in [-0.05, 0) is 41.2 Å². The fourth-order valence-electron chi connectivity index (χ4n) is 9.37. The highest BCUT2D eigenvalue weighted by molar-refractivity contribution is 6.11. The number of hydrogen-bond acceptors (Lipinski definition) is 2. The highest BCUT2D eigenvalue weighted by atomic mass is 16.3. The molecule has 43 heavy (non-hydrogen) atoms. The van der Waals surface area contributed by atoms with Crippen LogP contribution in [-0.2, 0) is 18.4 Å². The molecule has 0 bridgehead atoms. The molecule has 0 saturated heterocycles. The van der Waals surface area contributed by atoms with Crippen molar-refractivity contribution < 1.29 is 8.98 Å². The minimum absolute atomic E-state index is 0.152. The van der Waals surface area contributed by atoms with Gasteiger partial charge < -0.3 is 4.42 Å². The molecule has 4 heterocycles. The van der Waals surface area contributed by atoms with Gasteiger partial charge >= 0.3 is 0 Å². The Labute approximate surface area is 253 Å². The highest BCUT2D eigenvalue weighted by Crippen LogP contribution is 2.61. The average molecular weight is 562 g/mol. The lowest BCUT2D eigenvalue weighted by Crippen LogP contribution is -2.77. The Balaban J connectivity index is 1.29. The largest absolute Gasteiger partial charge is 0.455 e. The molecule has 4 unspecified atom stereocenters. The van der Waals surface area contributed by atoms with Gasteiger partial charge in [-0.3, -0.25) is 4.99 Å². The lowest BCUT2D eigenvalue weighted by atomic mass is 9.48. The van der Waals surface area contributed by atoms with E-state index in [-0.39, 0.29) is 23.4 Å². The number of pyridine rings is 1. The van der Waals surface area contributed by atoms with Crippen molar-refractivity contribution in [1.82, 2.24) is 0 Å². The van der Waals surface area contributed by atoms with Crippen molar-refractivity contribution in [3.05, 3.63) is 127 Å². The number of para-hydroxylation sites is 1. The van der Waals surface area contributed by atoms with E-state index in [1.165, 1.54) is 76.4 Å². The van der Waals surface area contributed by atoms with Crippen LogP contribution in [0.4, 0.5) is 0 Å². The summed E-state index contributed by atoms with van der Waals surface area (Å²) in [6, 6.07) is 27.0. The predicted molar refractivity (Wildman–Crippen MR) is 175 cm³/mol. The van der Waals surface area contributed by atoms with Gasteiger partial charge in [-0.15, -0.1) is 6.58 Å². The number of rotatable bonds is 4. The van der Waals surface area contributed by atoms with Crippen molar-refractivity contribution in [3.8, 4) is 11.3 Å².